The predicted molar refractivity (Wildman–Crippen MR) is 127 cm³/mol. The third kappa shape index (κ3) is 5.60. The van der Waals surface area contributed by atoms with Crippen molar-refractivity contribution in [2.24, 2.45) is 0 Å². The van der Waals surface area contributed by atoms with Crippen molar-refractivity contribution in [3.63, 3.8) is 0 Å². The topological polar surface area (TPSA) is 84.9 Å². The van der Waals surface area contributed by atoms with Gasteiger partial charge in [0.15, 0.2) is 11.5 Å². The van der Waals surface area contributed by atoms with Crippen LogP contribution in [0.15, 0.2) is 71.6 Å². The minimum atomic E-state index is -4.18. The van der Waals surface area contributed by atoms with Gasteiger partial charge in [0.05, 0.1) is 10.6 Å². The lowest BCUT2D eigenvalue weighted by Gasteiger charge is -2.25. The summed E-state index contributed by atoms with van der Waals surface area (Å²) in [4.78, 5) is 12.6. The lowest BCUT2D eigenvalue weighted by molar-refractivity contribution is -0.119. The molecule has 1 amide bonds. The highest BCUT2D eigenvalue weighted by Gasteiger charge is 2.29. The van der Waals surface area contributed by atoms with E-state index in [9.17, 15) is 17.6 Å². The molecule has 0 aromatic heterocycles. The van der Waals surface area contributed by atoms with E-state index in [-0.39, 0.29) is 10.6 Å². The highest BCUT2D eigenvalue weighted by Crippen LogP contribution is 2.34. The molecular formula is C24H22ClFN2O5S. The van der Waals surface area contributed by atoms with Crippen LogP contribution in [0.3, 0.4) is 0 Å². The summed E-state index contributed by atoms with van der Waals surface area (Å²) in [5.41, 5.74) is 1.13. The molecule has 0 fully saturated rings. The van der Waals surface area contributed by atoms with Gasteiger partial charge < -0.3 is 14.8 Å². The van der Waals surface area contributed by atoms with Crippen molar-refractivity contribution in [2.45, 2.75) is 11.3 Å². The molecule has 178 valence electrons. The molecule has 1 aliphatic heterocycles. The maximum Gasteiger partial charge on any atom is 0.264 e. The summed E-state index contributed by atoms with van der Waals surface area (Å²) in [5.74, 6) is -0.274. The largest absolute Gasteiger partial charge is 0.486 e. The maximum atomic E-state index is 13.5. The van der Waals surface area contributed by atoms with E-state index in [4.69, 9.17) is 21.1 Å². The van der Waals surface area contributed by atoms with Gasteiger partial charge >= 0.3 is 0 Å². The molecule has 0 saturated carbocycles. The molecule has 3 aromatic rings. The number of nitrogens with zero attached hydrogens (tertiary/aromatic N) is 1. The Morgan fingerprint density at radius 1 is 0.971 bits per heavy atom. The number of carbonyl (C=O) groups excluding carboxylic acids is 1. The monoisotopic (exact) mass is 504 g/mol. The number of amides is 1. The van der Waals surface area contributed by atoms with E-state index in [0.717, 1.165) is 22.0 Å². The Morgan fingerprint density at radius 3 is 2.35 bits per heavy atom. The molecule has 0 atom stereocenters. The van der Waals surface area contributed by atoms with Crippen molar-refractivity contribution in [3.05, 3.63) is 83.1 Å². The molecule has 4 rings (SSSR count). The van der Waals surface area contributed by atoms with Crippen molar-refractivity contribution in [2.75, 3.05) is 30.6 Å². The first kappa shape index (κ1) is 23.8. The number of halogens is 2. The smallest absolute Gasteiger partial charge is 0.264 e. The summed E-state index contributed by atoms with van der Waals surface area (Å²) in [5, 5.41) is 3.35. The van der Waals surface area contributed by atoms with Crippen LogP contribution in [-0.2, 0) is 21.2 Å². The Kier molecular flexibility index (Phi) is 7.23. The number of nitrogens with one attached hydrogen (secondary N) is 1. The molecule has 0 aliphatic carbocycles. The van der Waals surface area contributed by atoms with Gasteiger partial charge in [0, 0.05) is 17.6 Å². The first-order valence-electron chi connectivity index (χ1n) is 10.5. The number of anilines is 1. The summed E-state index contributed by atoms with van der Waals surface area (Å²) in [6, 6.07) is 16.4. The molecule has 7 nitrogen and oxygen atoms in total. The Morgan fingerprint density at radius 2 is 1.65 bits per heavy atom. The molecule has 10 heteroatoms. The molecule has 3 aromatic carbocycles. The van der Waals surface area contributed by atoms with Crippen molar-refractivity contribution in [3.8, 4) is 11.5 Å². The van der Waals surface area contributed by atoms with Crippen LogP contribution in [0.25, 0.3) is 0 Å². The summed E-state index contributed by atoms with van der Waals surface area (Å²) in [6.45, 7) is 0.496. The lowest BCUT2D eigenvalue weighted by Crippen LogP contribution is -2.41. The molecule has 1 heterocycles. The molecular weight excluding hydrogens is 483 g/mol. The number of benzene rings is 3. The second-order valence-corrected chi connectivity index (χ2v) is 9.82. The Balaban J connectivity index is 1.53. The predicted octanol–water partition coefficient (Wildman–Crippen LogP) is 3.80. The van der Waals surface area contributed by atoms with Gasteiger partial charge in [-0.2, -0.15) is 0 Å². The number of fused-ring (bicyclic) bond motifs is 1. The van der Waals surface area contributed by atoms with Gasteiger partial charge in [0.25, 0.3) is 10.0 Å². The van der Waals surface area contributed by atoms with Crippen LogP contribution in [0.5, 0.6) is 11.5 Å². The van der Waals surface area contributed by atoms with Crippen LogP contribution in [0, 0.1) is 5.82 Å². The van der Waals surface area contributed by atoms with E-state index in [2.05, 4.69) is 5.32 Å². The van der Waals surface area contributed by atoms with Gasteiger partial charge in [0.1, 0.15) is 25.6 Å². The molecule has 0 radical (unpaired) electrons. The molecule has 0 unspecified atom stereocenters. The van der Waals surface area contributed by atoms with Gasteiger partial charge in [-0.15, -0.1) is 0 Å². The number of hydrogen-bond acceptors (Lipinski definition) is 5. The average Bonchev–Trinajstić information content (AvgIpc) is 2.84. The summed E-state index contributed by atoms with van der Waals surface area (Å²) >= 11 is 5.88. The highest BCUT2D eigenvalue weighted by molar-refractivity contribution is 7.92. The normalized spacial score (nSPS) is 12.8. The summed E-state index contributed by atoms with van der Waals surface area (Å²) in [6.07, 6.45) is 0.550. The number of carbonyl (C=O) groups is 1. The van der Waals surface area contributed by atoms with Crippen LogP contribution >= 0.6 is 11.6 Å². The zero-order chi connectivity index (χ0) is 24.1. The van der Waals surface area contributed by atoms with E-state index in [1.54, 1.807) is 12.1 Å². The number of ether oxygens (including phenoxy) is 2. The van der Waals surface area contributed by atoms with E-state index < -0.39 is 28.3 Å². The van der Waals surface area contributed by atoms with Gasteiger partial charge in [-0.3, -0.25) is 9.10 Å². The minimum absolute atomic E-state index is 0.0740. The van der Waals surface area contributed by atoms with Gasteiger partial charge in [-0.05, 0) is 60.5 Å². The van der Waals surface area contributed by atoms with Crippen molar-refractivity contribution in [1.82, 2.24) is 5.32 Å². The van der Waals surface area contributed by atoms with Crippen LogP contribution in [0.2, 0.25) is 5.02 Å². The molecule has 0 spiro atoms. The van der Waals surface area contributed by atoms with Crippen molar-refractivity contribution >= 4 is 33.2 Å². The second kappa shape index (κ2) is 10.3. The third-order valence-corrected chi connectivity index (χ3v) is 7.17. The Bertz CT molecular complexity index is 1270. The highest BCUT2D eigenvalue weighted by atomic mass is 35.5. The molecule has 1 N–H and O–H groups in total. The van der Waals surface area contributed by atoms with Crippen LogP contribution in [-0.4, -0.2) is 40.6 Å². The van der Waals surface area contributed by atoms with E-state index in [0.29, 0.717) is 42.7 Å². The fraction of sp³-hybridized carbons (Fsp3) is 0.208. The van der Waals surface area contributed by atoms with Gasteiger partial charge in [0.2, 0.25) is 5.91 Å². The van der Waals surface area contributed by atoms with E-state index in [1.807, 2.05) is 12.1 Å². The number of sulfonamides is 1. The summed E-state index contributed by atoms with van der Waals surface area (Å²) < 4.78 is 52.4. The number of hydrogen-bond donors (Lipinski definition) is 1. The standard InChI is InChI=1S/C24H22ClFN2O5S/c25-18-3-1-17(2-4-18)11-12-27-24(29)16-28(20-7-5-19(26)6-8-20)34(30,31)21-9-10-22-23(15-21)33-14-13-32-22/h1-10,15H,11-14,16H2,(H,27,29). The SMILES string of the molecule is O=C(CN(c1ccc(F)cc1)S(=O)(=O)c1ccc2c(c1)OCCO2)NCCc1ccc(Cl)cc1. The van der Waals surface area contributed by atoms with E-state index >= 15 is 0 Å². The third-order valence-electron chi connectivity index (χ3n) is 5.15. The molecule has 0 saturated heterocycles. The lowest BCUT2D eigenvalue weighted by atomic mass is 10.1. The molecule has 34 heavy (non-hydrogen) atoms. The zero-order valence-corrected chi connectivity index (χ0v) is 19.6. The first-order valence-corrected chi connectivity index (χ1v) is 12.3. The van der Waals surface area contributed by atoms with Crippen LogP contribution < -0.4 is 19.1 Å². The fourth-order valence-corrected chi connectivity index (χ4v) is 4.98. The summed E-state index contributed by atoms with van der Waals surface area (Å²) in [7, 11) is -4.18. The Hall–Kier alpha value is -3.30. The first-order chi connectivity index (χ1) is 16.3. The van der Waals surface area contributed by atoms with Crippen molar-refractivity contribution in [1.29, 1.82) is 0 Å². The fourth-order valence-electron chi connectivity index (χ4n) is 3.42. The Labute approximate surface area is 202 Å². The molecule has 0 bridgehead atoms. The zero-order valence-electron chi connectivity index (χ0n) is 18.0. The average molecular weight is 505 g/mol. The minimum Gasteiger partial charge on any atom is -0.486 e. The van der Waals surface area contributed by atoms with Crippen LogP contribution in [0.1, 0.15) is 5.56 Å². The molecule has 1 aliphatic rings. The van der Waals surface area contributed by atoms with Crippen molar-refractivity contribution < 1.29 is 27.1 Å². The van der Waals surface area contributed by atoms with Crippen LogP contribution in [0.4, 0.5) is 10.1 Å². The maximum absolute atomic E-state index is 13.5. The quantitative estimate of drug-likeness (QED) is 0.504. The number of rotatable bonds is 8. The second-order valence-electron chi connectivity index (χ2n) is 7.52. The van der Waals surface area contributed by atoms with E-state index in [1.165, 1.54) is 30.3 Å². The van der Waals surface area contributed by atoms with Gasteiger partial charge in [-0.1, -0.05) is 23.7 Å². The van der Waals surface area contributed by atoms with Gasteiger partial charge in [-0.25, -0.2) is 12.8 Å².